The molecule has 1 aromatic carbocycles. The fourth-order valence-corrected chi connectivity index (χ4v) is 1.62. The Hall–Kier alpha value is -3.88. The Kier molecular flexibility index (Phi) is 3.67. The molecule has 0 aliphatic heterocycles. The number of nitrogens with zero attached hydrogens (tertiary/aromatic N) is 4. The van der Waals surface area contributed by atoms with Crippen molar-refractivity contribution < 1.29 is 19.8 Å². The summed E-state index contributed by atoms with van der Waals surface area (Å²) in [6.45, 7) is 0. The highest BCUT2D eigenvalue weighted by Gasteiger charge is 2.31. The Bertz CT molecular complexity index is 744. The molecule has 8 heteroatoms. The zero-order chi connectivity index (χ0) is 15.4. The first kappa shape index (κ1) is 14.2. The molecule has 1 rings (SSSR count). The predicted octanol–water partition coefficient (Wildman–Crippen LogP) is 0.570. The molecule has 0 aliphatic rings. The molecule has 0 aliphatic carbocycles. The number of benzene rings is 1. The van der Waals surface area contributed by atoms with Crippen LogP contribution in [0, 0.1) is 45.3 Å². The molecule has 0 unspecified atom stereocenters. The van der Waals surface area contributed by atoms with E-state index in [1.807, 2.05) is 0 Å². The van der Waals surface area contributed by atoms with Gasteiger partial charge in [0.1, 0.15) is 24.3 Å². The highest BCUT2D eigenvalue weighted by Crippen LogP contribution is 2.27. The molecule has 8 nitrogen and oxygen atoms in total. The molecule has 0 saturated carbocycles. The molecule has 0 fully saturated rings. The summed E-state index contributed by atoms with van der Waals surface area (Å²) in [6, 6.07) is 5.68. The minimum atomic E-state index is -1.78. The zero-order valence-corrected chi connectivity index (χ0v) is 9.50. The van der Waals surface area contributed by atoms with Gasteiger partial charge in [0, 0.05) is 0 Å². The van der Waals surface area contributed by atoms with Gasteiger partial charge in [-0.3, -0.25) is 0 Å². The van der Waals surface area contributed by atoms with E-state index in [4.69, 9.17) is 31.3 Å². The summed E-state index contributed by atoms with van der Waals surface area (Å²) in [4.78, 5) is 22.3. The van der Waals surface area contributed by atoms with Crippen molar-refractivity contribution >= 4 is 11.9 Å². The lowest BCUT2D eigenvalue weighted by atomic mass is 9.88. The van der Waals surface area contributed by atoms with Gasteiger partial charge < -0.3 is 10.2 Å². The van der Waals surface area contributed by atoms with Crippen LogP contribution in [0.2, 0.25) is 0 Å². The third-order valence-electron chi connectivity index (χ3n) is 2.37. The molecule has 0 aromatic heterocycles. The number of aromatic carboxylic acids is 2. The van der Waals surface area contributed by atoms with Crippen LogP contribution in [0.15, 0.2) is 0 Å². The predicted molar refractivity (Wildman–Crippen MR) is 59.2 cm³/mol. The minimum absolute atomic E-state index is 0.631. The topological polar surface area (TPSA) is 170 Å². The first-order valence-corrected chi connectivity index (χ1v) is 4.75. The highest BCUT2D eigenvalue weighted by atomic mass is 16.4. The molecule has 0 spiro atoms. The van der Waals surface area contributed by atoms with Crippen LogP contribution in [0.4, 0.5) is 0 Å². The van der Waals surface area contributed by atoms with Crippen LogP contribution in [0.3, 0.4) is 0 Å². The van der Waals surface area contributed by atoms with Crippen LogP contribution in [0.25, 0.3) is 0 Å². The van der Waals surface area contributed by atoms with E-state index in [1.165, 1.54) is 24.3 Å². The van der Waals surface area contributed by atoms with Crippen molar-refractivity contribution in [2.45, 2.75) is 0 Å². The summed E-state index contributed by atoms with van der Waals surface area (Å²) in [5.74, 6) is -3.56. The van der Waals surface area contributed by atoms with Gasteiger partial charge >= 0.3 is 11.9 Å². The summed E-state index contributed by atoms with van der Waals surface area (Å²) in [5, 5.41) is 53.7. The maximum atomic E-state index is 11.1. The first-order chi connectivity index (χ1) is 9.44. The maximum absolute atomic E-state index is 11.1. The largest absolute Gasteiger partial charge is 0.478 e. The van der Waals surface area contributed by atoms with Crippen molar-refractivity contribution in [3.05, 3.63) is 33.4 Å². The third-order valence-corrected chi connectivity index (χ3v) is 2.37. The van der Waals surface area contributed by atoms with Crippen molar-refractivity contribution in [2.24, 2.45) is 0 Å². The number of rotatable bonds is 2. The van der Waals surface area contributed by atoms with E-state index in [0.717, 1.165) is 0 Å². The standard InChI is InChI=1S/C12H2N4O4/c13-1-5-6(2-14)8(4-16)10(12(19)20)9(11(17)18)7(5)3-15/h(H,17,18)(H,19,20). The van der Waals surface area contributed by atoms with Gasteiger partial charge in [-0.2, -0.15) is 21.0 Å². The molecule has 0 radical (unpaired) electrons. The van der Waals surface area contributed by atoms with Crippen LogP contribution in [-0.2, 0) is 0 Å². The van der Waals surface area contributed by atoms with Crippen molar-refractivity contribution in [3.63, 3.8) is 0 Å². The second-order valence-electron chi connectivity index (χ2n) is 3.31. The van der Waals surface area contributed by atoms with E-state index in [9.17, 15) is 9.59 Å². The van der Waals surface area contributed by atoms with E-state index in [2.05, 4.69) is 0 Å². The Balaban J connectivity index is 4.28. The van der Waals surface area contributed by atoms with E-state index in [-0.39, 0.29) is 0 Å². The maximum Gasteiger partial charge on any atom is 0.338 e. The Morgan fingerprint density at radius 3 is 1.05 bits per heavy atom. The molecule has 0 saturated heterocycles. The molecule has 0 heterocycles. The molecule has 1 aromatic rings. The third kappa shape index (κ3) is 1.86. The van der Waals surface area contributed by atoms with E-state index >= 15 is 0 Å². The zero-order valence-electron chi connectivity index (χ0n) is 9.50. The molecule has 0 atom stereocenters. The second kappa shape index (κ2) is 5.18. The van der Waals surface area contributed by atoms with E-state index in [1.54, 1.807) is 0 Å². The van der Waals surface area contributed by atoms with Gasteiger partial charge in [-0.15, -0.1) is 0 Å². The van der Waals surface area contributed by atoms with Gasteiger partial charge in [-0.25, -0.2) is 9.59 Å². The highest BCUT2D eigenvalue weighted by molar-refractivity contribution is 6.06. The summed E-state index contributed by atoms with van der Waals surface area (Å²) in [6.07, 6.45) is 0. The van der Waals surface area contributed by atoms with Crippen LogP contribution in [-0.4, -0.2) is 22.2 Å². The lowest BCUT2D eigenvalue weighted by Crippen LogP contribution is -2.16. The Labute approximate surface area is 111 Å². The summed E-state index contributed by atoms with van der Waals surface area (Å²) >= 11 is 0. The summed E-state index contributed by atoms with van der Waals surface area (Å²) < 4.78 is 0. The molecular formula is C12H2N4O4. The lowest BCUT2D eigenvalue weighted by Gasteiger charge is -2.09. The van der Waals surface area contributed by atoms with Gasteiger partial charge in [-0.1, -0.05) is 0 Å². The Morgan fingerprint density at radius 2 is 0.900 bits per heavy atom. The fourth-order valence-electron chi connectivity index (χ4n) is 1.62. The van der Waals surface area contributed by atoms with Crippen molar-refractivity contribution in [1.29, 1.82) is 21.0 Å². The average molecular weight is 266 g/mol. The van der Waals surface area contributed by atoms with E-state index < -0.39 is 45.3 Å². The normalized spacial score (nSPS) is 8.60. The number of hydrogen-bond donors (Lipinski definition) is 2. The fraction of sp³-hybridized carbons (Fsp3) is 0. The number of carboxylic acid groups (broad SMARTS) is 2. The summed E-state index contributed by atoms with van der Waals surface area (Å²) in [7, 11) is 0. The SMILES string of the molecule is N#Cc1c(C#N)c(C#N)c(C(=O)O)c(C(=O)O)c1C#N. The van der Waals surface area contributed by atoms with Crippen molar-refractivity contribution in [1.82, 2.24) is 0 Å². The number of carboxylic acids is 2. The molecule has 94 valence electrons. The first-order valence-electron chi connectivity index (χ1n) is 4.75. The van der Waals surface area contributed by atoms with Crippen molar-refractivity contribution in [3.8, 4) is 24.3 Å². The van der Waals surface area contributed by atoms with Crippen LogP contribution < -0.4 is 0 Å². The van der Waals surface area contributed by atoms with Gasteiger partial charge in [0.25, 0.3) is 0 Å². The van der Waals surface area contributed by atoms with Crippen molar-refractivity contribution in [2.75, 3.05) is 0 Å². The molecule has 20 heavy (non-hydrogen) atoms. The number of carbonyl (C=O) groups is 2. The van der Waals surface area contributed by atoms with Crippen LogP contribution >= 0.6 is 0 Å². The average Bonchev–Trinajstić information content (AvgIpc) is 2.42. The van der Waals surface area contributed by atoms with Gasteiger partial charge in [-0.05, 0) is 0 Å². The van der Waals surface area contributed by atoms with Crippen LogP contribution in [0.1, 0.15) is 43.0 Å². The quantitative estimate of drug-likeness (QED) is 0.781. The smallest absolute Gasteiger partial charge is 0.338 e. The molecule has 2 N–H and O–H groups in total. The van der Waals surface area contributed by atoms with Crippen LogP contribution in [0.5, 0.6) is 0 Å². The second-order valence-corrected chi connectivity index (χ2v) is 3.31. The monoisotopic (exact) mass is 266 g/mol. The van der Waals surface area contributed by atoms with Gasteiger partial charge in [0.15, 0.2) is 0 Å². The summed E-state index contributed by atoms with van der Waals surface area (Å²) in [5.41, 5.74) is -4.73. The number of hydrogen-bond acceptors (Lipinski definition) is 6. The molecular weight excluding hydrogens is 264 g/mol. The van der Waals surface area contributed by atoms with Gasteiger partial charge in [0.05, 0.1) is 33.4 Å². The minimum Gasteiger partial charge on any atom is -0.478 e. The molecule has 0 bridgehead atoms. The molecule has 0 amide bonds. The number of nitriles is 4. The van der Waals surface area contributed by atoms with Gasteiger partial charge in [0.2, 0.25) is 0 Å². The van der Waals surface area contributed by atoms with E-state index in [0.29, 0.717) is 0 Å². The lowest BCUT2D eigenvalue weighted by molar-refractivity contribution is 0.0651. The Morgan fingerprint density at radius 1 is 0.650 bits per heavy atom.